The molecule has 1 unspecified atom stereocenters. The average molecular weight is 346 g/mol. The van der Waals surface area contributed by atoms with Crippen LogP contribution < -0.4 is 10.1 Å². The minimum absolute atomic E-state index is 0.252. The Morgan fingerprint density at radius 3 is 2.46 bits per heavy atom. The summed E-state index contributed by atoms with van der Waals surface area (Å²) in [6, 6.07) is 24.3. The van der Waals surface area contributed by atoms with E-state index in [0.29, 0.717) is 6.61 Å². The van der Waals surface area contributed by atoms with Gasteiger partial charge in [0.15, 0.2) is 0 Å². The van der Waals surface area contributed by atoms with Crippen LogP contribution in [0.2, 0.25) is 0 Å². The fourth-order valence-corrected chi connectivity index (χ4v) is 3.87. The smallest absolute Gasteiger partial charge is 0.119 e. The Hall–Kier alpha value is -2.36. The van der Waals surface area contributed by atoms with Gasteiger partial charge in [-0.3, -0.25) is 4.90 Å². The van der Waals surface area contributed by atoms with Crippen molar-refractivity contribution >= 4 is 10.8 Å². The van der Waals surface area contributed by atoms with Gasteiger partial charge in [-0.2, -0.15) is 0 Å². The third kappa shape index (κ3) is 3.59. The normalized spacial score (nSPS) is 16.5. The number of benzene rings is 3. The number of rotatable bonds is 5. The summed E-state index contributed by atoms with van der Waals surface area (Å²) in [7, 11) is 0. The molecule has 1 fully saturated rings. The molecule has 0 radical (unpaired) electrons. The van der Waals surface area contributed by atoms with Gasteiger partial charge in [0.05, 0.1) is 12.6 Å². The van der Waals surface area contributed by atoms with Gasteiger partial charge in [0.2, 0.25) is 0 Å². The zero-order valence-electron chi connectivity index (χ0n) is 15.3. The molecule has 0 aromatic heterocycles. The maximum atomic E-state index is 5.76. The first kappa shape index (κ1) is 17.1. The summed E-state index contributed by atoms with van der Waals surface area (Å²) in [5.74, 6) is 0.950. The summed E-state index contributed by atoms with van der Waals surface area (Å²) in [5, 5.41) is 6.05. The SMILES string of the molecule is CCOc1cccc(C(c2ccc3ccccc3c2)N2CCNCC2)c1. The van der Waals surface area contributed by atoms with Crippen LogP contribution in [0.4, 0.5) is 0 Å². The molecule has 1 N–H and O–H groups in total. The lowest BCUT2D eigenvalue weighted by Crippen LogP contribution is -2.45. The molecule has 3 nitrogen and oxygen atoms in total. The zero-order valence-corrected chi connectivity index (χ0v) is 15.3. The molecule has 1 heterocycles. The Morgan fingerprint density at radius 1 is 0.885 bits per heavy atom. The molecule has 134 valence electrons. The lowest BCUT2D eigenvalue weighted by Gasteiger charge is -2.36. The fourth-order valence-electron chi connectivity index (χ4n) is 3.87. The second kappa shape index (κ2) is 7.90. The number of piperazine rings is 1. The van der Waals surface area contributed by atoms with E-state index in [1.165, 1.54) is 21.9 Å². The maximum absolute atomic E-state index is 5.76. The van der Waals surface area contributed by atoms with Crippen molar-refractivity contribution in [2.45, 2.75) is 13.0 Å². The first-order valence-corrected chi connectivity index (χ1v) is 9.51. The molecule has 3 heteroatoms. The van der Waals surface area contributed by atoms with Crippen LogP contribution in [0, 0.1) is 0 Å². The van der Waals surface area contributed by atoms with E-state index in [1.807, 2.05) is 13.0 Å². The molecule has 26 heavy (non-hydrogen) atoms. The van der Waals surface area contributed by atoms with Crippen molar-refractivity contribution in [3.8, 4) is 5.75 Å². The lowest BCUT2D eigenvalue weighted by atomic mass is 9.94. The highest BCUT2D eigenvalue weighted by Crippen LogP contribution is 2.32. The van der Waals surface area contributed by atoms with Crippen molar-refractivity contribution in [1.82, 2.24) is 10.2 Å². The third-order valence-electron chi connectivity index (χ3n) is 5.09. The highest BCUT2D eigenvalue weighted by Gasteiger charge is 2.24. The number of nitrogens with one attached hydrogen (secondary N) is 1. The predicted molar refractivity (Wildman–Crippen MR) is 108 cm³/mol. The van der Waals surface area contributed by atoms with E-state index in [9.17, 15) is 0 Å². The van der Waals surface area contributed by atoms with Gasteiger partial charge in [0.1, 0.15) is 5.75 Å². The number of hydrogen-bond acceptors (Lipinski definition) is 3. The Bertz CT molecular complexity index is 871. The van der Waals surface area contributed by atoms with Crippen LogP contribution >= 0.6 is 0 Å². The van der Waals surface area contributed by atoms with E-state index in [4.69, 9.17) is 4.74 Å². The predicted octanol–water partition coefficient (Wildman–Crippen LogP) is 4.23. The van der Waals surface area contributed by atoms with E-state index in [2.05, 4.69) is 70.9 Å². The van der Waals surface area contributed by atoms with Crippen molar-refractivity contribution in [2.24, 2.45) is 0 Å². The number of nitrogens with zero attached hydrogens (tertiary/aromatic N) is 1. The first-order valence-electron chi connectivity index (χ1n) is 9.51. The highest BCUT2D eigenvalue weighted by molar-refractivity contribution is 5.83. The number of fused-ring (bicyclic) bond motifs is 1. The lowest BCUT2D eigenvalue weighted by molar-refractivity contribution is 0.198. The van der Waals surface area contributed by atoms with Gasteiger partial charge in [0, 0.05) is 26.2 Å². The fraction of sp³-hybridized carbons (Fsp3) is 0.304. The standard InChI is InChI=1S/C23H26N2O/c1-2-26-22-9-5-8-20(17-22)23(25-14-12-24-13-15-25)21-11-10-18-6-3-4-7-19(18)16-21/h3-11,16-17,23-24H,2,12-15H2,1H3. The van der Waals surface area contributed by atoms with Crippen LogP contribution in [-0.2, 0) is 0 Å². The molecule has 1 saturated heterocycles. The number of hydrogen-bond donors (Lipinski definition) is 1. The van der Waals surface area contributed by atoms with Crippen LogP contribution in [0.25, 0.3) is 10.8 Å². The van der Waals surface area contributed by atoms with Crippen molar-refractivity contribution in [2.75, 3.05) is 32.8 Å². The molecule has 1 aliphatic rings. The summed E-state index contributed by atoms with van der Waals surface area (Å²) >= 11 is 0. The summed E-state index contributed by atoms with van der Waals surface area (Å²) in [6.45, 7) is 6.90. The molecule has 0 saturated carbocycles. The summed E-state index contributed by atoms with van der Waals surface area (Å²) < 4.78 is 5.76. The molecule has 1 aliphatic heterocycles. The van der Waals surface area contributed by atoms with Crippen molar-refractivity contribution in [3.63, 3.8) is 0 Å². The second-order valence-electron chi connectivity index (χ2n) is 6.80. The molecular weight excluding hydrogens is 320 g/mol. The highest BCUT2D eigenvalue weighted by atomic mass is 16.5. The van der Waals surface area contributed by atoms with Crippen molar-refractivity contribution in [3.05, 3.63) is 77.9 Å². The molecule has 3 aromatic carbocycles. The van der Waals surface area contributed by atoms with E-state index >= 15 is 0 Å². The molecule has 0 spiro atoms. The summed E-state index contributed by atoms with van der Waals surface area (Å²) in [4.78, 5) is 2.58. The Morgan fingerprint density at radius 2 is 1.65 bits per heavy atom. The Kier molecular flexibility index (Phi) is 5.19. The molecular formula is C23H26N2O. The largest absolute Gasteiger partial charge is 0.494 e. The average Bonchev–Trinajstić information content (AvgIpc) is 2.70. The molecule has 0 bridgehead atoms. The van der Waals surface area contributed by atoms with E-state index < -0.39 is 0 Å². The van der Waals surface area contributed by atoms with E-state index in [-0.39, 0.29) is 6.04 Å². The van der Waals surface area contributed by atoms with Gasteiger partial charge >= 0.3 is 0 Å². The maximum Gasteiger partial charge on any atom is 0.119 e. The van der Waals surface area contributed by atoms with Crippen LogP contribution in [0.3, 0.4) is 0 Å². The zero-order chi connectivity index (χ0) is 17.8. The molecule has 0 amide bonds. The van der Waals surface area contributed by atoms with Crippen LogP contribution in [-0.4, -0.2) is 37.7 Å². The van der Waals surface area contributed by atoms with Gasteiger partial charge in [-0.1, -0.05) is 48.5 Å². The quantitative estimate of drug-likeness (QED) is 0.748. The monoisotopic (exact) mass is 346 g/mol. The minimum Gasteiger partial charge on any atom is -0.494 e. The minimum atomic E-state index is 0.252. The van der Waals surface area contributed by atoms with Gasteiger partial charge in [-0.05, 0) is 47.0 Å². The molecule has 4 rings (SSSR count). The first-order chi connectivity index (χ1) is 12.8. The van der Waals surface area contributed by atoms with E-state index in [0.717, 1.165) is 31.9 Å². The summed E-state index contributed by atoms with van der Waals surface area (Å²) in [5.41, 5.74) is 2.65. The third-order valence-corrected chi connectivity index (χ3v) is 5.09. The Labute approximate surface area is 155 Å². The van der Waals surface area contributed by atoms with Crippen LogP contribution in [0.5, 0.6) is 5.75 Å². The molecule has 1 atom stereocenters. The van der Waals surface area contributed by atoms with Crippen LogP contribution in [0.1, 0.15) is 24.1 Å². The van der Waals surface area contributed by atoms with Crippen molar-refractivity contribution < 1.29 is 4.74 Å². The van der Waals surface area contributed by atoms with Gasteiger partial charge in [-0.15, -0.1) is 0 Å². The van der Waals surface area contributed by atoms with Gasteiger partial charge in [-0.25, -0.2) is 0 Å². The van der Waals surface area contributed by atoms with Gasteiger partial charge in [0.25, 0.3) is 0 Å². The van der Waals surface area contributed by atoms with Crippen molar-refractivity contribution in [1.29, 1.82) is 0 Å². The summed E-state index contributed by atoms with van der Waals surface area (Å²) in [6.07, 6.45) is 0. The topological polar surface area (TPSA) is 24.5 Å². The van der Waals surface area contributed by atoms with Gasteiger partial charge < -0.3 is 10.1 Å². The molecule has 0 aliphatic carbocycles. The molecule has 3 aromatic rings. The second-order valence-corrected chi connectivity index (χ2v) is 6.80. The Balaban J connectivity index is 1.77. The number of ether oxygens (including phenoxy) is 1. The van der Waals surface area contributed by atoms with Crippen LogP contribution in [0.15, 0.2) is 66.7 Å². The van der Waals surface area contributed by atoms with E-state index in [1.54, 1.807) is 0 Å².